The Hall–Kier alpha value is -1.30. The van der Waals surface area contributed by atoms with Gasteiger partial charge in [0.15, 0.2) is 0 Å². The van der Waals surface area contributed by atoms with Gasteiger partial charge in [0, 0.05) is 62.9 Å². The molecule has 2 saturated heterocycles. The summed E-state index contributed by atoms with van der Waals surface area (Å²) in [7, 11) is 0. The third-order valence-electron chi connectivity index (χ3n) is 5.48. The van der Waals surface area contributed by atoms with Crippen molar-refractivity contribution >= 4 is 23.2 Å². The summed E-state index contributed by atoms with van der Waals surface area (Å²) in [6.45, 7) is 8.25. The van der Waals surface area contributed by atoms with E-state index in [0.29, 0.717) is 25.7 Å². The molecule has 25 heavy (non-hydrogen) atoms. The van der Waals surface area contributed by atoms with Crippen LogP contribution in [0.1, 0.15) is 25.3 Å². The molecule has 3 rings (SSSR count). The number of amides is 1. The highest BCUT2D eigenvalue weighted by Gasteiger charge is 2.29. The van der Waals surface area contributed by atoms with Crippen molar-refractivity contribution in [1.82, 2.24) is 9.80 Å². The number of β-amino-alcohol motifs (C(OH)–C–C–N with tert-alkyl or cyclic N) is 1. The number of nitrogens with zero attached hydrogens (tertiary/aromatic N) is 3. The zero-order chi connectivity index (χ0) is 18.0. The number of hydrogen-bond donors (Lipinski definition) is 1. The minimum atomic E-state index is -0.458. The molecule has 5 nitrogen and oxygen atoms in total. The van der Waals surface area contributed by atoms with Crippen molar-refractivity contribution in [3.63, 3.8) is 0 Å². The molecule has 0 unspecified atom stereocenters. The van der Waals surface area contributed by atoms with Crippen molar-refractivity contribution in [2.45, 2.75) is 38.8 Å². The number of piperidine rings is 1. The quantitative estimate of drug-likeness (QED) is 0.872. The Labute approximate surface area is 155 Å². The van der Waals surface area contributed by atoms with Crippen LogP contribution in [0, 0.1) is 6.92 Å². The number of carbonyl (C=O) groups excluding carboxylic acids is 1. The van der Waals surface area contributed by atoms with Crippen molar-refractivity contribution in [2.24, 2.45) is 0 Å². The summed E-state index contributed by atoms with van der Waals surface area (Å²) in [4.78, 5) is 18.1. The maximum absolute atomic E-state index is 11.6. The van der Waals surface area contributed by atoms with Gasteiger partial charge in [-0.05, 0) is 37.5 Å². The monoisotopic (exact) mass is 365 g/mol. The normalized spacial score (nSPS) is 23.6. The van der Waals surface area contributed by atoms with E-state index in [1.165, 1.54) is 5.69 Å². The van der Waals surface area contributed by atoms with Gasteiger partial charge < -0.3 is 14.9 Å². The average molecular weight is 366 g/mol. The predicted octanol–water partition coefficient (Wildman–Crippen LogP) is 2.14. The Morgan fingerprint density at radius 1 is 1.16 bits per heavy atom. The fourth-order valence-electron chi connectivity index (χ4n) is 3.90. The Kier molecular flexibility index (Phi) is 5.87. The number of hydrogen-bond acceptors (Lipinski definition) is 4. The van der Waals surface area contributed by atoms with Crippen LogP contribution in [0.3, 0.4) is 0 Å². The van der Waals surface area contributed by atoms with Crippen LogP contribution in [0.2, 0.25) is 5.02 Å². The molecule has 2 fully saturated rings. The number of aryl methyl sites for hydroxylation is 1. The van der Waals surface area contributed by atoms with Crippen molar-refractivity contribution in [3.05, 3.63) is 28.8 Å². The van der Waals surface area contributed by atoms with Crippen LogP contribution >= 0.6 is 11.6 Å². The number of aliphatic hydroxyl groups is 1. The first-order valence-electron chi connectivity index (χ1n) is 9.13. The highest BCUT2D eigenvalue weighted by Crippen LogP contribution is 2.27. The molecule has 1 amide bonds. The van der Waals surface area contributed by atoms with Gasteiger partial charge >= 0.3 is 0 Å². The zero-order valence-electron chi connectivity index (χ0n) is 15.1. The molecular formula is C19H28ClN3O2. The van der Waals surface area contributed by atoms with Gasteiger partial charge in [-0.1, -0.05) is 17.7 Å². The predicted molar refractivity (Wildman–Crippen MR) is 101 cm³/mol. The summed E-state index contributed by atoms with van der Waals surface area (Å²) >= 11 is 6.26. The highest BCUT2D eigenvalue weighted by molar-refractivity contribution is 6.31. The molecule has 2 aliphatic rings. The van der Waals surface area contributed by atoms with E-state index in [4.69, 9.17) is 11.6 Å². The summed E-state index contributed by atoms with van der Waals surface area (Å²) in [6, 6.07) is 6.74. The second-order valence-corrected chi connectivity index (χ2v) is 7.67. The van der Waals surface area contributed by atoms with Gasteiger partial charge in [-0.3, -0.25) is 9.69 Å². The van der Waals surface area contributed by atoms with E-state index in [0.717, 1.165) is 43.1 Å². The summed E-state index contributed by atoms with van der Waals surface area (Å²) in [5.41, 5.74) is 2.29. The number of benzene rings is 1. The molecule has 0 aliphatic carbocycles. The Morgan fingerprint density at radius 2 is 1.88 bits per heavy atom. The molecule has 0 radical (unpaired) electrons. The van der Waals surface area contributed by atoms with Crippen LogP contribution in [0.25, 0.3) is 0 Å². The van der Waals surface area contributed by atoms with Crippen LogP contribution in [-0.2, 0) is 4.79 Å². The van der Waals surface area contributed by atoms with Crippen LogP contribution in [0.4, 0.5) is 5.69 Å². The maximum atomic E-state index is 11.6. The third kappa shape index (κ3) is 4.46. The molecular weight excluding hydrogens is 338 g/mol. The maximum Gasteiger partial charge on any atom is 0.219 e. The number of rotatable bonds is 2. The minimum absolute atomic E-state index is 0.0481. The first-order valence-corrected chi connectivity index (χ1v) is 9.50. The van der Waals surface area contributed by atoms with E-state index in [9.17, 15) is 9.90 Å². The third-order valence-corrected chi connectivity index (χ3v) is 5.89. The van der Waals surface area contributed by atoms with Gasteiger partial charge in [0.05, 0.1) is 6.10 Å². The SMILES string of the molecule is CC(=O)N1CCN(C2CCN(c3ccc(C)c(Cl)c3)CC2)C[C@H](O)C1. The second kappa shape index (κ2) is 7.94. The number of carbonyl (C=O) groups is 1. The van der Waals surface area contributed by atoms with Gasteiger partial charge in [-0.15, -0.1) is 0 Å². The number of aliphatic hydroxyl groups excluding tert-OH is 1. The van der Waals surface area contributed by atoms with E-state index in [-0.39, 0.29) is 5.91 Å². The number of halogens is 1. The smallest absolute Gasteiger partial charge is 0.219 e. The molecule has 2 aliphatic heterocycles. The first-order chi connectivity index (χ1) is 11.9. The standard InChI is InChI=1S/C19H28ClN3O2/c1-14-3-4-17(11-19(14)20)21-7-5-16(6-8-21)23-10-9-22(15(2)24)12-18(25)13-23/h3-4,11,16,18,25H,5-10,12-13H2,1-2H3/t18-/m1/s1. The Balaban J connectivity index is 1.58. The zero-order valence-corrected chi connectivity index (χ0v) is 15.9. The lowest BCUT2D eigenvalue weighted by atomic mass is 10.0. The molecule has 1 aromatic rings. The first kappa shape index (κ1) is 18.5. The van der Waals surface area contributed by atoms with Gasteiger partial charge in [0.1, 0.15) is 0 Å². The van der Waals surface area contributed by atoms with Crippen LogP contribution < -0.4 is 4.90 Å². The summed E-state index contributed by atoms with van der Waals surface area (Å²) < 4.78 is 0. The van der Waals surface area contributed by atoms with Gasteiger partial charge in [0.25, 0.3) is 0 Å². The number of anilines is 1. The molecule has 0 aromatic heterocycles. The van der Waals surface area contributed by atoms with E-state index in [1.54, 1.807) is 11.8 Å². The van der Waals surface area contributed by atoms with Crippen molar-refractivity contribution in [2.75, 3.05) is 44.2 Å². The molecule has 0 bridgehead atoms. The summed E-state index contributed by atoms with van der Waals surface area (Å²) in [6.07, 6.45) is 1.68. The summed E-state index contributed by atoms with van der Waals surface area (Å²) in [5.74, 6) is 0.0481. The second-order valence-electron chi connectivity index (χ2n) is 7.27. The van der Waals surface area contributed by atoms with E-state index in [2.05, 4.69) is 28.0 Å². The highest BCUT2D eigenvalue weighted by atomic mass is 35.5. The van der Waals surface area contributed by atoms with Gasteiger partial charge in [-0.25, -0.2) is 0 Å². The molecule has 1 aromatic carbocycles. The molecule has 2 heterocycles. The van der Waals surface area contributed by atoms with Crippen molar-refractivity contribution < 1.29 is 9.90 Å². The van der Waals surface area contributed by atoms with E-state index in [1.807, 2.05) is 6.92 Å². The molecule has 6 heteroatoms. The fourth-order valence-corrected chi connectivity index (χ4v) is 4.07. The molecule has 0 saturated carbocycles. The van der Waals surface area contributed by atoms with Gasteiger partial charge in [0.2, 0.25) is 5.91 Å². The van der Waals surface area contributed by atoms with Gasteiger partial charge in [-0.2, -0.15) is 0 Å². The van der Waals surface area contributed by atoms with E-state index >= 15 is 0 Å². The largest absolute Gasteiger partial charge is 0.390 e. The lowest BCUT2D eigenvalue weighted by Gasteiger charge is -2.39. The van der Waals surface area contributed by atoms with Crippen LogP contribution in [0.15, 0.2) is 18.2 Å². The van der Waals surface area contributed by atoms with Crippen molar-refractivity contribution in [3.8, 4) is 0 Å². The van der Waals surface area contributed by atoms with Crippen LogP contribution in [-0.4, -0.2) is 72.2 Å². The fraction of sp³-hybridized carbons (Fsp3) is 0.632. The average Bonchev–Trinajstić information content (AvgIpc) is 2.79. The van der Waals surface area contributed by atoms with Crippen molar-refractivity contribution in [1.29, 1.82) is 0 Å². The Morgan fingerprint density at radius 3 is 2.52 bits per heavy atom. The molecule has 138 valence electrons. The molecule has 0 spiro atoms. The topological polar surface area (TPSA) is 47.0 Å². The van der Waals surface area contributed by atoms with Crippen LogP contribution in [0.5, 0.6) is 0 Å². The lowest BCUT2D eigenvalue weighted by molar-refractivity contribution is -0.129. The molecule has 1 atom stereocenters. The summed E-state index contributed by atoms with van der Waals surface area (Å²) in [5, 5.41) is 11.1. The molecule has 1 N–H and O–H groups in total. The van der Waals surface area contributed by atoms with E-state index < -0.39 is 6.10 Å². The minimum Gasteiger partial charge on any atom is -0.390 e. The lowest BCUT2D eigenvalue weighted by Crippen LogP contribution is -2.47. The Bertz CT molecular complexity index is 617.